The van der Waals surface area contributed by atoms with Crippen LogP contribution in [0.15, 0.2) is 12.2 Å². The third-order valence-corrected chi connectivity index (χ3v) is 3.04. The number of unbranched alkanes of at least 4 members (excludes halogenated alkanes) is 1. The van der Waals surface area contributed by atoms with E-state index in [9.17, 15) is 4.79 Å². The van der Waals surface area contributed by atoms with Crippen LogP contribution in [0.4, 0.5) is 0 Å². The molecule has 1 saturated heterocycles. The molecule has 0 unspecified atom stereocenters. The first kappa shape index (κ1) is 10.7. The zero-order valence-electron chi connectivity index (χ0n) is 9.15. The van der Waals surface area contributed by atoms with Gasteiger partial charge in [0.15, 0.2) is 6.10 Å². The van der Waals surface area contributed by atoms with Gasteiger partial charge < -0.3 is 9.47 Å². The lowest BCUT2D eigenvalue weighted by Crippen LogP contribution is -2.43. The Morgan fingerprint density at radius 1 is 1.47 bits per heavy atom. The van der Waals surface area contributed by atoms with Crippen LogP contribution >= 0.6 is 0 Å². The Morgan fingerprint density at radius 2 is 2.33 bits per heavy atom. The highest BCUT2D eigenvalue weighted by Gasteiger charge is 2.38. The third-order valence-electron chi connectivity index (χ3n) is 3.04. The summed E-state index contributed by atoms with van der Waals surface area (Å²) in [6, 6.07) is 0. The van der Waals surface area contributed by atoms with Crippen LogP contribution in [0.1, 0.15) is 32.6 Å². The molecule has 0 aromatic carbocycles. The molecule has 0 aromatic heterocycles. The predicted molar refractivity (Wildman–Crippen MR) is 56.4 cm³/mol. The zero-order chi connectivity index (χ0) is 10.7. The first-order valence-corrected chi connectivity index (χ1v) is 5.81. The van der Waals surface area contributed by atoms with Crippen molar-refractivity contribution in [2.45, 2.75) is 44.8 Å². The van der Waals surface area contributed by atoms with Crippen molar-refractivity contribution in [3.05, 3.63) is 12.2 Å². The number of rotatable bonds is 4. The summed E-state index contributed by atoms with van der Waals surface area (Å²) in [6.45, 7) is 2.60. The SMILES string of the molecule is CCCCOC(=O)[C@H]1O[C@H]2C=C[C@@H]1CC2. The molecule has 0 N–H and O–H groups in total. The van der Waals surface area contributed by atoms with Gasteiger partial charge in [0, 0.05) is 5.92 Å². The number of hydrogen-bond acceptors (Lipinski definition) is 3. The minimum atomic E-state index is -0.342. The van der Waals surface area contributed by atoms with Crippen LogP contribution in [0.2, 0.25) is 0 Å². The molecule has 0 saturated carbocycles. The fraction of sp³-hybridized carbons (Fsp3) is 0.750. The average molecular weight is 210 g/mol. The molecule has 0 aromatic rings. The number of esters is 1. The lowest BCUT2D eigenvalue weighted by Gasteiger charge is -2.36. The summed E-state index contributed by atoms with van der Waals surface area (Å²) < 4.78 is 10.8. The van der Waals surface area contributed by atoms with Gasteiger partial charge in [0.25, 0.3) is 0 Å². The Kier molecular flexibility index (Phi) is 3.41. The van der Waals surface area contributed by atoms with Gasteiger partial charge >= 0.3 is 5.97 Å². The summed E-state index contributed by atoms with van der Waals surface area (Å²) in [6.07, 6.45) is 8.03. The van der Waals surface area contributed by atoms with E-state index in [2.05, 4.69) is 19.1 Å². The Hall–Kier alpha value is -0.830. The molecule has 0 radical (unpaired) electrons. The summed E-state index contributed by atoms with van der Waals surface area (Å²) in [4.78, 5) is 11.7. The zero-order valence-corrected chi connectivity index (χ0v) is 9.15. The lowest BCUT2D eigenvalue weighted by molar-refractivity contribution is -0.169. The second-order valence-electron chi connectivity index (χ2n) is 4.24. The molecule has 0 amide bonds. The number of hydrogen-bond donors (Lipinski definition) is 0. The Balaban J connectivity index is 1.84. The maximum Gasteiger partial charge on any atom is 0.335 e. The van der Waals surface area contributed by atoms with Gasteiger partial charge in [0.1, 0.15) is 0 Å². The van der Waals surface area contributed by atoms with Crippen molar-refractivity contribution in [1.29, 1.82) is 0 Å². The van der Waals surface area contributed by atoms with E-state index in [1.54, 1.807) is 0 Å². The quantitative estimate of drug-likeness (QED) is 0.405. The van der Waals surface area contributed by atoms with Gasteiger partial charge in [0.2, 0.25) is 0 Å². The molecule has 2 aliphatic heterocycles. The van der Waals surface area contributed by atoms with Crippen LogP contribution in [0.3, 0.4) is 0 Å². The first-order valence-electron chi connectivity index (χ1n) is 5.81. The standard InChI is InChI=1S/C12H18O3/c1-2-3-8-14-12(13)11-9-4-6-10(15-11)7-5-9/h4,6,9-11H,2-3,5,7-8H2,1H3/t9-,10+,11+/m1/s1. The highest BCUT2D eigenvalue weighted by atomic mass is 16.6. The van der Waals surface area contributed by atoms with E-state index in [0.29, 0.717) is 6.61 Å². The predicted octanol–water partition coefficient (Wildman–Crippen LogP) is 2.06. The minimum Gasteiger partial charge on any atom is -0.464 e. The van der Waals surface area contributed by atoms with Crippen molar-refractivity contribution >= 4 is 5.97 Å². The van der Waals surface area contributed by atoms with E-state index in [0.717, 1.165) is 25.7 Å². The topological polar surface area (TPSA) is 35.5 Å². The molecule has 15 heavy (non-hydrogen) atoms. The molecule has 3 nitrogen and oxygen atoms in total. The largest absolute Gasteiger partial charge is 0.464 e. The van der Waals surface area contributed by atoms with Gasteiger partial charge in [-0.1, -0.05) is 25.5 Å². The second kappa shape index (κ2) is 4.79. The van der Waals surface area contributed by atoms with Crippen LogP contribution in [0.25, 0.3) is 0 Å². The molecule has 2 bridgehead atoms. The van der Waals surface area contributed by atoms with Crippen LogP contribution in [0, 0.1) is 5.92 Å². The van der Waals surface area contributed by atoms with Crippen molar-refractivity contribution in [2.75, 3.05) is 6.61 Å². The van der Waals surface area contributed by atoms with Crippen LogP contribution in [-0.2, 0) is 14.3 Å². The molecule has 2 heterocycles. The second-order valence-corrected chi connectivity index (χ2v) is 4.24. The van der Waals surface area contributed by atoms with Gasteiger partial charge in [-0.25, -0.2) is 4.79 Å². The van der Waals surface area contributed by atoms with Crippen LogP contribution in [-0.4, -0.2) is 24.8 Å². The van der Waals surface area contributed by atoms with E-state index < -0.39 is 0 Å². The van der Waals surface area contributed by atoms with Crippen LogP contribution in [0.5, 0.6) is 0 Å². The monoisotopic (exact) mass is 210 g/mol. The molecule has 3 heteroatoms. The van der Waals surface area contributed by atoms with Crippen molar-refractivity contribution in [3.63, 3.8) is 0 Å². The van der Waals surface area contributed by atoms with Crippen molar-refractivity contribution in [3.8, 4) is 0 Å². The molecule has 84 valence electrons. The van der Waals surface area contributed by atoms with Gasteiger partial charge in [-0.2, -0.15) is 0 Å². The summed E-state index contributed by atoms with van der Waals surface area (Å²) in [5, 5.41) is 0. The fourth-order valence-electron chi connectivity index (χ4n) is 2.10. The molecule has 3 aliphatic rings. The molecule has 1 aliphatic carbocycles. The maximum absolute atomic E-state index is 11.7. The summed E-state index contributed by atoms with van der Waals surface area (Å²) in [7, 11) is 0. The van der Waals surface area contributed by atoms with Gasteiger partial charge in [0.05, 0.1) is 12.7 Å². The summed E-state index contributed by atoms with van der Waals surface area (Å²) >= 11 is 0. The minimum absolute atomic E-state index is 0.138. The van der Waals surface area contributed by atoms with Crippen molar-refractivity contribution < 1.29 is 14.3 Å². The maximum atomic E-state index is 11.7. The van der Waals surface area contributed by atoms with E-state index >= 15 is 0 Å². The van der Waals surface area contributed by atoms with Gasteiger partial charge in [-0.15, -0.1) is 0 Å². The van der Waals surface area contributed by atoms with Crippen molar-refractivity contribution in [1.82, 2.24) is 0 Å². The van der Waals surface area contributed by atoms with Gasteiger partial charge in [-0.3, -0.25) is 0 Å². The highest BCUT2D eigenvalue weighted by Crippen LogP contribution is 2.32. The Labute approximate surface area is 90.4 Å². The third kappa shape index (κ3) is 2.40. The Morgan fingerprint density at radius 3 is 2.87 bits per heavy atom. The van der Waals surface area contributed by atoms with Crippen LogP contribution < -0.4 is 0 Å². The normalized spacial score (nSPS) is 33.0. The number of ether oxygens (including phenoxy) is 2. The number of fused-ring (bicyclic) bond motifs is 2. The van der Waals surface area contributed by atoms with Crippen molar-refractivity contribution in [2.24, 2.45) is 5.92 Å². The number of carbonyl (C=O) groups is 1. The average Bonchev–Trinajstić information content (AvgIpc) is 2.30. The van der Waals surface area contributed by atoms with E-state index in [-0.39, 0.29) is 24.1 Å². The molecule has 3 atom stereocenters. The van der Waals surface area contributed by atoms with E-state index in [1.807, 2.05) is 0 Å². The van der Waals surface area contributed by atoms with Gasteiger partial charge in [-0.05, 0) is 19.3 Å². The molecular formula is C12H18O3. The van der Waals surface area contributed by atoms with E-state index in [1.165, 1.54) is 0 Å². The smallest absolute Gasteiger partial charge is 0.335 e. The number of carbonyl (C=O) groups excluding carboxylic acids is 1. The molecular weight excluding hydrogens is 192 g/mol. The fourth-order valence-corrected chi connectivity index (χ4v) is 2.10. The molecule has 3 rings (SSSR count). The molecule has 0 spiro atoms. The molecule has 1 fully saturated rings. The summed E-state index contributed by atoms with van der Waals surface area (Å²) in [5.41, 5.74) is 0. The lowest BCUT2D eigenvalue weighted by atomic mass is 9.86. The van der Waals surface area contributed by atoms with E-state index in [4.69, 9.17) is 9.47 Å². The summed E-state index contributed by atoms with van der Waals surface area (Å²) in [5.74, 6) is 0.0617. The Bertz CT molecular complexity index is 260. The highest BCUT2D eigenvalue weighted by molar-refractivity contribution is 5.75. The first-order chi connectivity index (χ1) is 7.31.